The Kier molecular flexibility index (Phi) is 2.07. The number of phosphoric ester groups is 1. The first-order chi connectivity index (χ1) is 6.23. The van der Waals surface area contributed by atoms with Gasteiger partial charge in [0.15, 0.2) is 5.75 Å². The maximum atomic E-state index is 11.5. The van der Waals surface area contributed by atoms with Gasteiger partial charge in [-0.15, -0.1) is 0 Å². The van der Waals surface area contributed by atoms with Gasteiger partial charge in [-0.25, -0.2) is 4.57 Å². The molecule has 1 aromatic heterocycles. The molecule has 0 N–H and O–H groups in total. The molecule has 0 aromatic carbocycles. The summed E-state index contributed by atoms with van der Waals surface area (Å²) in [5.41, 5.74) is 0.818. The number of rotatable bonds is 1. The van der Waals surface area contributed by atoms with E-state index in [0.717, 1.165) is 5.56 Å². The maximum absolute atomic E-state index is 11.5. The van der Waals surface area contributed by atoms with Crippen LogP contribution in [0.4, 0.5) is 0 Å². The van der Waals surface area contributed by atoms with E-state index in [1.807, 2.05) is 0 Å². The minimum atomic E-state index is -3.37. The highest BCUT2D eigenvalue weighted by atomic mass is 31.2. The number of hydrogen-bond donors (Lipinski definition) is 0. The third-order valence-electron chi connectivity index (χ3n) is 1.68. The molecule has 1 unspecified atom stereocenters. The summed E-state index contributed by atoms with van der Waals surface area (Å²) in [5, 5.41) is 0. The van der Waals surface area contributed by atoms with E-state index < -0.39 is 7.82 Å². The molecule has 5 nitrogen and oxygen atoms in total. The Labute approximate surface area is 75.3 Å². The summed E-state index contributed by atoms with van der Waals surface area (Å²) < 4.78 is 26.0. The van der Waals surface area contributed by atoms with Crippen LogP contribution in [0.25, 0.3) is 0 Å². The Balaban J connectivity index is 2.35. The second kappa shape index (κ2) is 3.10. The molecule has 1 aliphatic rings. The van der Waals surface area contributed by atoms with Crippen LogP contribution < -0.4 is 4.52 Å². The fourth-order valence-corrected chi connectivity index (χ4v) is 1.93. The van der Waals surface area contributed by atoms with Crippen LogP contribution >= 0.6 is 7.82 Å². The lowest BCUT2D eigenvalue weighted by atomic mass is 10.3. The van der Waals surface area contributed by atoms with E-state index in [0.29, 0.717) is 5.75 Å². The van der Waals surface area contributed by atoms with Gasteiger partial charge in [-0.05, 0) is 6.07 Å². The third-order valence-corrected chi connectivity index (χ3v) is 2.99. The van der Waals surface area contributed by atoms with Crippen LogP contribution in [-0.4, -0.2) is 12.1 Å². The first-order valence-electron chi connectivity index (χ1n) is 3.66. The summed E-state index contributed by atoms with van der Waals surface area (Å²) in [6.07, 6.45) is 3.11. The Morgan fingerprint density at radius 1 is 1.69 bits per heavy atom. The smallest absolute Gasteiger partial charge is 0.402 e. The summed E-state index contributed by atoms with van der Waals surface area (Å²) >= 11 is 0. The lowest BCUT2D eigenvalue weighted by Crippen LogP contribution is -2.08. The standard InChI is InChI=1S/C7H8NO4P/c1-10-13(9)11-5-6-2-3-8-4-7(6)12-13/h2-4H,5H2,1H3. The number of hydrogen-bond acceptors (Lipinski definition) is 5. The first kappa shape index (κ1) is 8.69. The highest BCUT2D eigenvalue weighted by Gasteiger charge is 2.32. The predicted octanol–water partition coefficient (Wildman–Crippen LogP) is 1.75. The highest BCUT2D eigenvalue weighted by Crippen LogP contribution is 2.53. The Morgan fingerprint density at radius 2 is 2.54 bits per heavy atom. The third kappa shape index (κ3) is 1.58. The molecule has 0 radical (unpaired) electrons. The molecule has 1 atom stereocenters. The molecule has 6 heteroatoms. The number of phosphoric acid groups is 1. The van der Waals surface area contributed by atoms with E-state index in [-0.39, 0.29) is 6.61 Å². The van der Waals surface area contributed by atoms with Gasteiger partial charge in [-0.1, -0.05) is 0 Å². The van der Waals surface area contributed by atoms with E-state index in [9.17, 15) is 4.57 Å². The molecule has 13 heavy (non-hydrogen) atoms. The molecule has 0 bridgehead atoms. The minimum absolute atomic E-state index is 0.225. The van der Waals surface area contributed by atoms with Crippen molar-refractivity contribution in [3.63, 3.8) is 0 Å². The van der Waals surface area contributed by atoms with Gasteiger partial charge in [0, 0.05) is 18.9 Å². The SMILES string of the molecule is COP1(=O)OCc2ccncc2O1. The Hall–Kier alpha value is -0.900. The minimum Gasteiger partial charge on any atom is -0.402 e. The summed E-state index contributed by atoms with van der Waals surface area (Å²) in [5.74, 6) is 0.457. The molecule has 70 valence electrons. The molecular formula is C7H8NO4P. The van der Waals surface area contributed by atoms with Gasteiger partial charge in [-0.2, -0.15) is 0 Å². The second-order valence-corrected chi connectivity index (χ2v) is 4.18. The van der Waals surface area contributed by atoms with Crippen molar-refractivity contribution in [3.05, 3.63) is 24.0 Å². The molecule has 2 rings (SSSR count). The van der Waals surface area contributed by atoms with Crippen LogP contribution in [0.1, 0.15) is 5.56 Å². The monoisotopic (exact) mass is 201 g/mol. The lowest BCUT2D eigenvalue weighted by molar-refractivity contribution is 0.155. The van der Waals surface area contributed by atoms with E-state index in [4.69, 9.17) is 9.05 Å². The molecule has 1 aliphatic heterocycles. The largest absolute Gasteiger partial charge is 0.530 e. The van der Waals surface area contributed by atoms with Crippen LogP contribution in [0.15, 0.2) is 18.5 Å². The van der Waals surface area contributed by atoms with Crippen LogP contribution in [0.2, 0.25) is 0 Å². The molecule has 0 saturated carbocycles. The van der Waals surface area contributed by atoms with Crippen molar-refractivity contribution in [3.8, 4) is 5.75 Å². The number of pyridine rings is 1. The topological polar surface area (TPSA) is 57.7 Å². The van der Waals surface area contributed by atoms with Crippen LogP contribution in [-0.2, 0) is 20.2 Å². The van der Waals surface area contributed by atoms with Crippen molar-refractivity contribution in [1.29, 1.82) is 0 Å². The first-order valence-corrected chi connectivity index (χ1v) is 5.12. The normalized spacial score (nSPS) is 26.2. The average molecular weight is 201 g/mol. The zero-order chi connectivity index (χ0) is 9.31. The molecule has 0 saturated heterocycles. The van der Waals surface area contributed by atoms with Crippen molar-refractivity contribution in [1.82, 2.24) is 4.98 Å². The molecule has 0 aliphatic carbocycles. The van der Waals surface area contributed by atoms with E-state index in [2.05, 4.69) is 9.51 Å². The average Bonchev–Trinajstić information content (AvgIpc) is 2.18. The fourth-order valence-electron chi connectivity index (χ4n) is 0.996. The highest BCUT2D eigenvalue weighted by molar-refractivity contribution is 7.48. The van der Waals surface area contributed by atoms with Crippen molar-refractivity contribution in [2.45, 2.75) is 6.61 Å². The van der Waals surface area contributed by atoms with Gasteiger partial charge in [-0.3, -0.25) is 14.0 Å². The number of aromatic nitrogens is 1. The number of nitrogens with zero attached hydrogens (tertiary/aromatic N) is 1. The van der Waals surface area contributed by atoms with E-state index >= 15 is 0 Å². The Bertz CT molecular complexity index is 367. The molecule has 0 fully saturated rings. The maximum Gasteiger partial charge on any atom is 0.530 e. The lowest BCUT2D eigenvalue weighted by Gasteiger charge is -2.22. The zero-order valence-electron chi connectivity index (χ0n) is 6.97. The van der Waals surface area contributed by atoms with Crippen molar-refractivity contribution < 1.29 is 18.1 Å². The predicted molar refractivity (Wildman–Crippen MR) is 44.3 cm³/mol. The van der Waals surface area contributed by atoms with Gasteiger partial charge in [0.1, 0.15) is 0 Å². The van der Waals surface area contributed by atoms with Gasteiger partial charge in [0.2, 0.25) is 0 Å². The number of fused-ring (bicyclic) bond motifs is 1. The van der Waals surface area contributed by atoms with Crippen LogP contribution in [0.3, 0.4) is 0 Å². The second-order valence-electron chi connectivity index (χ2n) is 2.48. The molecule has 0 amide bonds. The fraction of sp³-hybridized carbons (Fsp3) is 0.286. The summed E-state index contributed by atoms with van der Waals surface area (Å²) in [7, 11) is -2.09. The van der Waals surface area contributed by atoms with Crippen LogP contribution in [0, 0.1) is 0 Å². The summed E-state index contributed by atoms with van der Waals surface area (Å²) in [6, 6.07) is 1.74. The van der Waals surface area contributed by atoms with Crippen molar-refractivity contribution in [2.75, 3.05) is 7.11 Å². The summed E-state index contributed by atoms with van der Waals surface area (Å²) in [6.45, 7) is 0.225. The van der Waals surface area contributed by atoms with Crippen molar-refractivity contribution in [2.24, 2.45) is 0 Å². The van der Waals surface area contributed by atoms with E-state index in [1.165, 1.54) is 13.3 Å². The van der Waals surface area contributed by atoms with Crippen LogP contribution in [0.5, 0.6) is 5.75 Å². The van der Waals surface area contributed by atoms with Crippen molar-refractivity contribution >= 4 is 7.82 Å². The quantitative estimate of drug-likeness (QED) is 0.647. The van der Waals surface area contributed by atoms with Gasteiger partial charge in [0.25, 0.3) is 0 Å². The zero-order valence-corrected chi connectivity index (χ0v) is 7.86. The molecule has 1 aromatic rings. The molecular weight excluding hydrogens is 193 g/mol. The Morgan fingerprint density at radius 3 is 3.31 bits per heavy atom. The molecule has 2 heterocycles. The van der Waals surface area contributed by atoms with Gasteiger partial charge >= 0.3 is 7.82 Å². The van der Waals surface area contributed by atoms with E-state index in [1.54, 1.807) is 12.3 Å². The van der Waals surface area contributed by atoms with Gasteiger partial charge in [0.05, 0.1) is 12.8 Å². The summed E-state index contributed by atoms with van der Waals surface area (Å²) in [4.78, 5) is 3.84. The molecule has 0 spiro atoms. The van der Waals surface area contributed by atoms with Gasteiger partial charge < -0.3 is 4.52 Å².